The summed E-state index contributed by atoms with van der Waals surface area (Å²) >= 11 is 6.08. The lowest BCUT2D eigenvalue weighted by atomic mass is 10.2. The van der Waals surface area contributed by atoms with Crippen LogP contribution in [0.2, 0.25) is 5.02 Å². The van der Waals surface area contributed by atoms with Crippen LogP contribution in [-0.4, -0.2) is 17.9 Å². The Labute approximate surface area is 150 Å². The monoisotopic (exact) mass is 357 g/mol. The average Bonchev–Trinajstić information content (AvgIpc) is 2.57. The second kappa shape index (κ2) is 8.18. The Kier molecular flexibility index (Phi) is 5.98. The summed E-state index contributed by atoms with van der Waals surface area (Å²) in [7, 11) is 0. The van der Waals surface area contributed by atoms with Gasteiger partial charge in [0.05, 0.1) is 22.3 Å². The summed E-state index contributed by atoms with van der Waals surface area (Å²) in [4.78, 5) is 23.4. The van der Waals surface area contributed by atoms with Gasteiger partial charge in [-0.3, -0.25) is 9.59 Å². The van der Waals surface area contributed by atoms with Crippen LogP contribution < -0.4 is 15.4 Å². The molecule has 25 heavy (non-hydrogen) atoms. The molecule has 2 aromatic carbocycles. The van der Waals surface area contributed by atoms with Gasteiger partial charge in [0.25, 0.3) is 5.91 Å². The molecule has 0 heterocycles. The molecule has 0 radical (unpaired) electrons. The fourth-order valence-corrected chi connectivity index (χ4v) is 2.20. The first kappa shape index (κ1) is 18.3. The van der Waals surface area contributed by atoms with E-state index < -0.39 is 12.0 Å². The van der Waals surface area contributed by atoms with E-state index in [1.54, 1.807) is 49.4 Å². The number of hydrogen-bond acceptors (Lipinski definition) is 4. The van der Waals surface area contributed by atoms with Crippen LogP contribution in [-0.2, 0) is 9.59 Å². The van der Waals surface area contributed by atoms with E-state index in [-0.39, 0.29) is 5.91 Å². The second-order valence-corrected chi connectivity index (χ2v) is 5.67. The molecule has 0 saturated heterocycles. The molecular weight excluding hydrogens is 342 g/mol. The number of benzene rings is 2. The van der Waals surface area contributed by atoms with Gasteiger partial charge in [-0.15, -0.1) is 0 Å². The fraction of sp³-hybridized carbons (Fsp3) is 0.167. The average molecular weight is 358 g/mol. The van der Waals surface area contributed by atoms with Crippen LogP contribution in [0, 0.1) is 11.3 Å². The van der Waals surface area contributed by atoms with Gasteiger partial charge >= 0.3 is 0 Å². The molecule has 1 unspecified atom stereocenters. The lowest BCUT2D eigenvalue weighted by Crippen LogP contribution is -2.30. The molecule has 6 nitrogen and oxygen atoms in total. The fourth-order valence-electron chi connectivity index (χ4n) is 2.03. The van der Waals surface area contributed by atoms with E-state index >= 15 is 0 Å². The molecule has 2 N–H and O–H groups in total. The summed E-state index contributed by atoms with van der Waals surface area (Å²) in [6.45, 7) is 2.97. The zero-order valence-corrected chi connectivity index (χ0v) is 14.4. The molecule has 128 valence electrons. The van der Waals surface area contributed by atoms with Gasteiger partial charge in [0, 0.05) is 12.6 Å². The van der Waals surface area contributed by atoms with Crippen molar-refractivity contribution in [3.8, 4) is 11.8 Å². The van der Waals surface area contributed by atoms with Crippen molar-refractivity contribution in [3.05, 3.63) is 53.1 Å². The van der Waals surface area contributed by atoms with Crippen molar-refractivity contribution in [1.82, 2.24) is 0 Å². The molecule has 2 rings (SSSR count). The first-order chi connectivity index (χ1) is 11.9. The summed E-state index contributed by atoms with van der Waals surface area (Å²) < 4.78 is 5.55. The Morgan fingerprint density at radius 2 is 1.96 bits per heavy atom. The quantitative estimate of drug-likeness (QED) is 0.855. The summed E-state index contributed by atoms with van der Waals surface area (Å²) in [6, 6.07) is 13.3. The Balaban J connectivity index is 2.08. The minimum atomic E-state index is -0.811. The van der Waals surface area contributed by atoms with Crippen molar-refractivity contribution >= 4 is 34.8 Å². The topological polar surface area (TPSA) is 91.2 Å². The van der Waals surface area contributed by atoms with Gasteiger partial charge in [-0.2, -0.15) is 5.26 Å². The third-order valence-electron chi connectivity index (χ3n) is 3.19. The van der Waals surface area contributed by atoms with Crippen LogP contribution in [0.25, 0.3) is 0 Å². The molecule has 1 atom stereocenters. The number of anilines is 2. The van der Waals surface area contributed by atoms with E-state index in [0.717, 1.165) is 0 Å². The minimum absolute atomic E-state index is 0.228. The van der Waals surface area contributed by atoms with Gasteiger partial charge in [-0.1, -0.05) is 17.7 Å². The lowest BCUT2D eigenvalue weighted by Gasteiger charge is -2.16. The third-order valence-corrected chi connectivity index (χ3v) is 3.52. The van der Waals surface area contributed by atoms with Crippen LogP contribution in [0.1, 0.15) is 19.4 Å². The van der Waals surface area contributed by atoms with Crippen LogP contribution >= 0.6 is 11.6 Å². The molecule has 0 aliphatic heterocycles. The van der Waals surface area contributed by atoms with Gasteiger partial charge in [-0.05, 0) is 43.3 Å². The van der Waals surface area contributed by atoms with Crippen molar-refractivity contribution in [2.45, 2.75) is 20.0 Å². The van der Waals surface area contributed by atoms with Gasteiger partial charge in [0.15, 0.2) is 6.10 Å². The number of ether oxygens (including phenoxy) is 1. The smallest absolute Gasteiger partial charge is 0.265 e. The highest BCUT2D eigenvalue weighted by molar-refractivity contribution is 6.33. The predicted octanol–water partition coefficient (Wildman–Crippen LogP) is 3.58. The number of carbonyl (C=O) groups is 2. The highest BCUT2D eigenvalue weighted by Gasteiger charge is 2.16. The maximum Gasteiger partial charge on any atom is 0.265 e. The summed E-state index contributed by atoms with van der Waals surface area (Å²) in [5, 5.41) is 14.5. The normalized spacial score (nSPS) is 11.1. The SMILES string of the molecule is CC(=O)Nc1ccc(Cl)c(NC(=O)C(C)Oc2cccc(C#N)c2)c1. The molecule has 0 aliphatic carbocycles. The van der Waals surface area contributed by atoms with Crippen LogP contribution in [0.5, 0.6) is 5.75 Å². The Bertz CT molecular complexity index is 846. The summed E-state index contributed by atoms with van der Waals surface area (Å²) in [6.07, 6.45) is -0.811. The predicted molar refractivity (Wildman–Crippen MR) is 95.6 cm³/mol. The molecule has 2 aromatic rings. The number of rotatable bonds is 5. The van der Waals surface area contributed by atoms with Gasteiger partial charge in [-0.25, -0.2) is 0 Å². The van der Waals surface area contributed by atoms with Crippen LogP contribution in [0.15, 0.2) is 42.5 Å². The van der Waals surface area contributed by atoms with E-state index in [2.05, 4.69) is 10.6 Å². The van der Waals surface area contributed by atoms with Crippen molar-refractivity contribution in [2.75, 3.05) is 10.6 Å². The zero-order valence-electron chi connectivity index (χ0n) is 13.7. The van der Waals surface area contributed by atoms with E-state index in [1.165, 1.54) is 6.92 Å². The van der Waals surface area contributed by atoms with Crippen LogP contribution in [0.4, 0.5) is 11.4 Å². The highest BCUT2D eigenvalue weighted by Crippen LogP contribution is 2.26. The summed E-state index contributed by atoms with van der Waals surface area (Å²) in [5.41, 5.74) is 1.32. The first-order valence-corrected chi connectivity index (χ1v) is 7.81. The molecule has 0 spiro atoms. The molecule has 0 bridgehead atoms. The van der Waals surface area contributed by atoms with Gasteiger partial charge in [0.1, 0.15) is 5.75 Å². The number of nitriles is 1. The van der Waals surface area contributed by atoms with Crippen molar-refractivity contribution in [2.24, 2.45) is 0 Å². The zero-order chi connectivity index (χ0) is 18.4. The minimum Gasteiger partial charge on any atom is -0.481 e. The highest BCUT2D eigenvalue weighted by atomic mass is 35.5. The maximum absolute atomic E-state index is 12.3. The Morgan fingerprint density at radius 3 is 2.64 bits per heavy atom. The van der Waals surface area contributed by atoms with Crippen molar-refractivity contribution in [1.29, 1.82) is 5.26 Å². The summed E-state index contributed by atoms with van der Waals surface area (Å²) in [5.74, 6) is -0.224. The maximum atomic E-state index is 12.3. The van der Waals surface area contributed by atoms with E-state index in [4.69, 9.17) is 21.6 Å². The van der Waals surface area contributed by atoms with E-state index in [0.29, 0.717) is 27.7 Å². The molecule has 0 saturated carbocycles. The number of halogens is 1. The van der Waals surface area contributed by atoms with Crippen molar-refractivity contribution in [3.63, 3.8) is 0 Å². The number of nitrogens with zero attached hydrogens (tertiary/aromatic N) is 1. The molecule has 2 amide bonds. The molecule has 0 fully saturated rings. The Hall–Kier alpha value is -3.04. The number of carbonyl (C=O) groups excluding carboxylic acids is 2. The molecule has 0 aromatic heterocycles. The Morgan fingerprint density at radius 1 is 1.20 bits per heavy atom. The van der Waals surface area contributed by atoms with E-state index in [1.807, 2.05) is 6.07 Å². The van der Waals surface area contributed by atoms with Gasteiger partial charge < -0.3 is 15.4 Å². The van der Waals surface area contributed by atoms with Gasteiger partial charge in [0.2, 0.25) is 5.91 Å². The van der Waals surface area contributed by atoms with E-state index in [9.17, 15) is 9.59 Å². The lowest BCUT2D eigenvalue weighted by molar-refractivity contribution is -0.122. The number of amides is 2. The van der Waals surface area contributed by atoms with Crippen LogP contribution in [0.3, 0.4) is 0 Å². The second-order valence-electron chi connectivity index (χ2n) is 5.26. The largest absolute Gasteiger partial charge is 0.481 e. The third kappa shape index (κ3) is 5.23. The number of hydrogen-bond donors (Lipinski definition) is 2. The first-order valence-electron chi connectivity index (χ1n) is 7.44. The molecule has 7 heteroatoms. The molecular formula is C18H16ClN3O3. The number of nitrogens with one attached hydrogen (secondary N) is 2. The van der Waals surface area contributed by atoms with Crippen molar-refractivity contribution < 1.29 is 14.3 Å². The molecule has 0 aliphatic rings. The standard InChI is InChI=1S/C18H16ClN3O3/c1-11(25-15-5-3-4-13(8-15)10-20)18(24)22-17-9-14(21-12(2)23)6-7-16(17)19/h3-9,11H,1-2H3,(H,21,23)(H,22,24).